The molecule has 0 fully saturated rings. The molecule has 10 heavy (non-hydrogen) atoms. The number of carbonyl (C=O) groups excluding carboxylic acids is 1. The fourth-order valence-electron chi connectivity index (χ4n) is 0.896. The summed E-state index contributed by atoms with van der Waals surface area (Å²) >= 11 is 1.85. The van der Waals surface area contributed by atoms with Gasteiger partial charge in [0.2, 0.25) is 0 Å². The summed E-state index contributed by atoms with van der Waals surface area (Å²) in [5.74, 6) is 0.129. The molecule has 54 valence electrons. The van der Waals surface area contributed by atoms with Crippen LogP contribution in [0, 0.1) is 5.92 Å². The van der Waals surface area contributed by atoms with Crippen LogP contribution in [0.4, 0.5) is 0 Å². The van der Waals surface area contributed by atoms with Crippen LogP contribution in [0.1, 0.15) is 13.3 Å². The molecule has 0 radical (unpaired) electrons. The summed E-state index contributed by atoms with van der Waals surface area (Å²) in [6.07, 6.45) is 6.96. The molecule has 1 rings (SSSR count). The number of carbonyl (C=O) groups is 1. The molecule has 0 N–H and O–H groups in total. The maximum absolute atomic E-state index is 10.8. The highest BCUT2D eigenvalue weighted by Gasteiger charge is 2.12. The molecule has 1 nitrogen and oxygen atoms in total. The monoisotopic (exact) mass is 248 g/mol. The minimum Gasteiger partial charge on any atom is -0.287 e. The summed E-state index contributed by atoms with van der Waals surface area (Å²) in [4.78, 5) is 10.8. The van der Waals surface area contributed by atoms with Gasteiger partial charge in [0, 0.05) is 28.5 Å². The molecule has 0 aliphatic heterocycles. The molecule has 0 aromatic heterocycles. The molecule has 0 bridgehead atoms. The predicted octanol–water partition coefficient (Wildman–Crippen LogP) is 2.47. The SMILES string of the molecule is CC1=CCC(C(=O)I)C=C1. The van der Waals surface area contributed by atoms with Crippen molar-refractivity contribution >= 4 is 26.4 Å². The first-order valence-corrected chi connectivity index (χ1v) is 4.32. The Morgan fingerprint density at radius 1 is 1.80 bits per heavy atom. The first-order valence-electron chi connectivity index (χ1n) is 3.24. The number of halogens is 1. The highest BCUT2D eigenvalue weighted by Crippen LogP contribution is 2.18. The molecule has 0 saturated carbocycles. The Kier molecular flexibility index (Phi) is 2.65. The molecule has 0 saturated heterocycles. The Balaban J connectivity index is 2.60. The molecule has 0 aromatic carbocycles. The van der Waals surface area contributed by atoms with Crippen LogP contribution in [0.3, 0.4) is 0 Å². The van der Waals surface area contributed by atoms with Crippen molar-refractivity contribution in [2.45, 2.75) is 13.3 Å². The first-order chi connectivity index (χ1) is 4.70. The van der Waals surface area contributed by atoms with Gasteiger partial charge in [0.05, 0.1) is 0 Å². The third-order valence-electron chi connectivity index (χ3n) is 1.58. The Labute approximate surface area is 74.3 Å². The molecule has 1 unspecified atom stereocenters. The fourth-order valence-corrected chi connectivity index (χ4v) is 1.36. The first kappa shape index (κ1) is 7.98. The third kappa shape index (κ3) is 1.94. The topological polar surface area (TPSA) is 17.1 Å². The number of hydrogen-bond acceptors (Lipinski definition) is 1. The second kappa shape index (κ2) is 3.32. The quantitative estimate of drug-likeness (QED) is 0.514. The zero-order valence-corrected chi connectivity index (χ0v) is 7.96. The van der Waals surface area contributed by atoms with Gasteiger partial charge in [0.15, 0.2) is 3.79 Å². The average molecular weight is 248 g/mol. The maximum Gasteiger partial charge on any atom is 0.199 e. The van der Waals surface area contributed by atoms with Crippen LogP contribution < -0.4 is 0 Å². The van der Waals surface area contributed by atoms with E-state index in [0.29, 0.717) is 0 Å². The Hall–Kier alpha value is -0.120. The molecule has 0 aromatic rings. The van der Waals surface area contributed by atoms with E-state index in [2.05, 4.69) is 6.08 Å². The standard InChI is InChI=1S/C8H9IO/c1-6-2-4-7(5-3-6)8(9)10/h2-4,7H,5H2,1H3. The van der Waals surface area contributed by atoms with Gasteiger partial charge in [0.1, 0.15) is 0 Å². The van der Waals surface area contributed by atoms with E-state index >= 15 is 0 Å². The normalized spacial score (nSPS) is 24.2. The van der Waals surface area contributed by atoms with Crippen molar-refractivity contribution in [3.05, 3.63) is 23.8 Å². The van der Waals surface area contributed by atoms with Crippen LogP contribution in [0.5, 0.6) is 0 Å². The molecule has 0 spiro atoms. The second-order valence-corrected chi connectivity index (χ2v) is 3.52. The Bertz CT molecular complexity index is 203. The Morgan fingerprint density at radius 3 is 2.90 bits per heavy atom. The summed E-state index contributed by atoms with van der Waals surface area (Å²) in [5, 5.41) is 0. The second-order valence-electron chi connectivity index (χ2n) is 2.45. The largest absolute Gasteiger partial charge is 0.287 e. The average Bonchev–Trinajstić information content (AvgIpc) is 1.88. The van der Waals surface area contributed by atoms with Crippen LogP contribution in [-0.4, -0.2) is 3.79 Å². The van der Waals surface area contributed by atoms with E-state index in [0.717, 1.165) is 6.42 Å². The lowest BCUT2D eigenvalue weighted by Crippen LogP contribution is -2.05. The molecule has 0 amide bonds. The van der Waals surface area contributed by atoms with E-state index in [1.165, 1.54) is 5.57 Å². The summed E-state index contributed by atoms with van der Waals surface area (Å²) in [5.41, 5.74) is 1.26. The van der Waals surface area contributed by atoms with E-state index in [4.69, 9.17) is 0 Å². The van der Waals surface area contributed by atoms with Gasteiger partial charge in [0.25, 0.3) is 0 Å². The van der Waals surface area contributed by atoms with E-state index < -0.39 is 0 Å². The lowest BCUT2D eigenvalue weighted by molar-refractivity contribution is -0.111. The van der Waals surface area contributed by atoms with Gasteiger partial charge in [-0.15, -0.1) is 0 Å². The van der Waals surface area contributed by atoms with Crippen LogP contribution in [0.2, 0.25) is 0 Å². The van der Waals surface area contributed by atoms with Gasteiger partial charge >= 0.3 is 0 Å². The van der Waals surface area contributed by atoms with Gasteiger partial charge in [-0.3, -0.25) is 4.79 Å². The van der Waals surface area contributed by atoms with E-state index in [-0.39, 0.29) is 9.71 Å². The maximum atomic E-state index is 10.8. The molecule has 1 aliphatic rings. The van der Waals surface area contributed by atoms with Crippen molar-refractivity contribution in [3.8, 4) is 0 Å². The van der Waals surface area contributed by atoms with E-state index in [9.17, 15) is 4.79 Å². The van der Waals surface area contributed by atoms with Crippen LogP contribution >= 0.6 is 22.6 Å². The van der Waals surface area contributed by atoms with Gasteiger partial charge in [-0.1, -0.05) is 23.8 Å². The van der Waals surface area contributed by atoms with E-state index in [1.54, 1.807) is 0 Å². The summed E-state index contributed by atoms with van der Waals surface area (Å²) in [6.45, 7) is 2.05. The van der Waals surface area contributed by atoms with Gasteiger partial charge in [-0.2, -0.15) is 0 Å². The Morgan fingerprint density at radius 2 is 2.50 bits per heavy atom. The van der Waals surface area contributed by atoms with Crippen molar-refractivity contribution in [1.29, 1.82) is 0 Å². The molecule has 1 aliphatic carbocycles. The van der Waals surface area contributed by atoms with Crippen molar-refractivity contribution in [3.63, 3.8) is 0 Å². The van der Waals surface area contributed by atoms with Crippen LogP contribution in [0.25, 0.3) is 0 Å². The van der Waals surface area contributed by atoms with Gasteiger partial charge in [-0.25, -0.2) is 0 Å². The summed E-state index contributed by atoms with van der Waals surface area (Å²) in [7, 11) is 0. The highest BCUT2D eigenvalue weighted by atomic mass is 127. The van der Waals surface area contributed by atoms with Crippen molar-refractivity contribution in [2.24, 2.45) is 5.92 Å². The molecular formula is C8H9IO. The molecule has 1 atom stereocenters. The van der Waals surface area contributed by atoms with Crippen LogP contribution in [0.15, 0.2) is 23.8 Å². The number of rotatable bonds is 1. The fraction of sp³-hybridized carbons (Fsp3) is 0.375. The number of allylic oxidation sites excluding steroid dienone is 4. The minimum atomic E-state index is 0.129. The van der Waals surface area contributed by atoms with Gasteiger partial charge < -0.3 is 0 Å². The van der Waals surface area contributed by atoms with Crippen molar-refractivity contribution in [2.75, 3.05) is 0 Å². The molecule has 0 heterocycles. The zero-order chi connectivity index (χ0) is 7.56. The predicted molar refractivity (Wildman–Crippen MR) is 50.0 cm³/mol. The summed E-state index contributed by atoms with van der Waals surface area (Å²) in [6, 6.07) is 0. The summed E-state index contributed by atoms with van der Waals surface area (Å²) < 4.78 is 0.234. The van der Waals surface area contributed by atoms with Crippen molar-refractivity contribution < 1.29 is 4.79 Å². The van der Waals surface area contributed by atoms with Crippen LogP contribution in [-0.2, 0) is 4.79 Å². The third-order valence-corrected chi connectivity index (χ3v) is 2.38. The molecular weight excluding hydrogens is 239 g/mol. The highest BCUT2D eigenvalue weighted by molar-refractivity contribution is 14.1. The lowest BCUT2D eigenvalue weighted by Gasteiger charge is -2.08. The van der Waals surface area contributed by atoms with Gasteiger partial charge in [-0.05, 0) is 13.3 Å². The van der Waals surface area contributed by atoms with E-state index in [1.807, 2.05) is 41.7 Å². The lowest BCUT2D eigenvalue weighted by atomic mass is 9.99. The zero-order valence-electron chi connectivity index (χ0n) is 5.80. The molecule has 2 heteroatoms. The minimum absolute atomic E-state index is 0.129. The number of hydrogen-bond donors (Lipinski definition) is 0. The van der Waals surface area contributed by atoms with Crippen molar-refractivity contribution in [1.82, 2.24) is 0 Å². The smallest absolute Gasteiger partial charge is 0.199 e.